The number of hydrogen-bond acceptors (Lipinski definition) is 3. The van der Waals surface area contributed by atoms with Crippen molar-refractivity contribution in [3.8, 4) is 5.75 Å². The van der Waals surface area contributed by atoms with Crippen molar-refractivity contribution in [2.45, 2.75) is 0 Å². The number of carbonyl (C=O) groups is 1. The van der Waals surface area contributed by atoms with E-state index in [1.54, 1.807) is 19.5 Å². The normalized spacial score (nSPS) is 15.2. The maximum absolute atomic E-state index is 12.0. The molecule has 1 aliphatic heterocycles. The summed E-state index contributed by atoms with van der Waals surface area (Å²) in [5.41, 5.74) is 3.25. The third kappa shape index (κ3) is 2.08. The van der Waals surface area contributed by atoms with Crippen molar-refractivity contribution >= 4 is 23.2 Å². The molecule has 0 saturated heterocycles. The molecule has 0 aliphatic carbocycles. The van der Waals surface area contributed by atoms with Gasteiger partial charge in [0.1, 0.15) is 5.75 Å². The molecule has 0 saturated carbocycles. The van der Waals surface area contributed by atoms with Gasteiger partial charge in [-0.15, -0.1) is 0 Å². The molecule has 4 nitrogen and oxygen atoms in total. The Bertz CT molecular complexity index is 663. The van der Waals surface area contributed by atoms with Gasteiger partial charge in [-0.1, -0.05) is 0 Å². The Morgan fingerprint density at radius 3 is 2.74 bits per heavy atom. The molecule has 19 heavy (non-hydrogen) atoms. The van der Waals surface area contributed by atoms with E-state index >= 15 is 0 Å². The van der Waals surface area contributed by atoms with Gasteiger partial charge in [0.15, 0.2) is 0 Å². The maximum Gasteiger partial charge on any atom is 0.256 e. The van der Waals surface area contributed by atoms with Crippen LogP contribution in [0, 0.1) is 0 Å². The summed E-state index contributed by atoms with van der Waals surface area (Å²) in [6.07, 6.45) is 5.25. The smallest absolute Gasteiger partial charge is 0.256 e. The molecule has 1 amide bonds. The number of anilines is 1. The van der Waals surface area contributed by atoms with E-state index in [0.29, 0.717) is 5.57 Å². The lowest BCUT2D eigenvalue weighted by Crippen LogP contribution is -2.03. The monoisotopic (exact) mass is 252 g/mol. The lowest BCUT2D eigenvalue weighted by molar-refractivity contribution is -0.110. The highest BCUT2D eigenvalue weighted by molar-refractivity contribution is 6.35. The molecule has 3 rings (SSSR count). The lowest BCUT2D eigenvalue weighted by atomic mass is 10.0. The van der Waals surface area contributed by atoms with Gasteiger partial charge in [-0.2, -0.15) is 0 Å². The van der Waals surface area contributed by atoms with Gasteiger partial charge >= 0.3 is 0 Å². The third-order valence-electron chi connectivity index (χ3n) is 3.03. The summed E-state index contributed by atoms with van der Waals surface area (Å²) in [7, 11) is 1.61. The minimum absolute atomic E-state index is 0.0972. The average molecular weight is 252 g/mol. The maximum atomic E-state index is 12.0. The van der Waals surface area contributed by atoms with Crippen molar-refractivity contribution in [2.24, 2.45) is 0 Å². The molecule has 2 heterocycles. The Morgan fingerprint density at radius 2 is 2.00 bits per heavy atom. The van der Waals surface area contributed by atoms with Crippen LogP contribution in [-0.4, -0.2) is 18.0 Å². The SMILES string of the molecule is COc1ccc2c(c1)C(=Cc1ccncc1)C(=O)N2. The van der Waals surface area contributed by atoms with E-state index in [4.69, 9.17) is 4.74 Å². The van der Waals surface area contributed by atoms with Crippen LogP contribution in [0.25, 0.3) is 11.6 Å². The van der Waals surface area contributed by atoms with Crippen LogP contribution in [0.1, 0.15) is 11.1 Å². The zero-order chi connectivity index (χ0) is 13.2. The first-order valence-electron chi connectivity index (χ1n) is 5.89. The first kappa shape index (κ1) is 11.5. The minimum atomic E-state index is -0.0972. The van der Waals surface area contributed by atoms with Gasteiger partial charge in [0.25, 0.3) is 5.91 Å². The van der Waals surface area contributed by atoms with Crippen LogP contribution < -0.4 is 10.1 Å². The number of methoxy groups -OCH3 is 1. The summed E-state index contributed by atoms with van der Waals surface area (Å²) < 4.78 is 5.20. The highest BCUT2D eigenvalue weighted by Crippen LogP contribution is 2.35. The number of nitrogens with zero attached hydrogens (tertiary/aromatic N) is 1. The molecule has 94 valence electrons. The topological polar surface area (TPSA) is 51.2 Å². The number of ether oxygens (including phenoxy) is 1. The number of fused-ring (bicyclic) bond motifs is 1. The van der Waals surface area contributed by atoms with E-state index in [1.165, 1.54) is 0 Å². The Labute approximate surface area is 110 Å². The first-order chi connectivity index (χ1) is 9.28. The standard InChI is InChI=1S/C15H12N2O2/c1-19-11-2-3-14-12(9-11)13(15(18)17-14)8-10-4-6-16-7-5-10/h2-9H,1H3,(H,17,18). The molecule has 1 N–H and O–H groups in total. The van der Waals surface area contributed by atoms with Gasteiger partial charge in [0.2, 0.25) is 0 Å². The van der Waals surface area contributed by atoms with E-state index in [0.717, 1.165) is 22.6 Å². The summed E-state index contributed by atoms with van der Waals surface area (Å²) in [4.78, 5) is 16.0. The molecule has 1 aliphatic rings. The van der Waals surface area contributed by atoms with Crippen molar-refractivity contribution in [3.63, 3.8) is 0 Å². The summed E-state index contributed by atoms with van der Waals surface area (Å²) >= 11 is 0. The number of carbonyl (C=O) groups excluding carboxylic acids is 1. The molecular formula is C15H12N2O2. The van der Waals surface area contributed by atoms with E-state index in [9.17, 15) is 4.79 Å². The largest absolute Gasteiger partial charge is 0.497 e. The molecule has 1 aromatic carbocycles. The van der Waals surface area contributed by atoms with Gasteiger partial charge in [0.05, 0.1) is 7.11 Å². The summed E-state index contributed by atoms with van der Waals surface area (Å²) in [6, 6.07) is 9.26. The number of aromatic nitrogens is 1. The predicted molar refractivity (Wildman–Crippen MR) is 73.7 cm³/mol. The number of rotatable bonds is 2. The van der Waals surface area contributed by atoms with Crippen LogP contribution in [-0.2, 0) is 4.79 Å². The molecule has 0 spiro atoms. The molecule has 0 bridgehead atoms. The number of hydrogen-bond donors (Lipinski definition) is 1. The zero-order valence-electron chi connectivity index (χ0n) is 10.4. The Kier molecular flexibility index (Phi) is 2.76. The molecule has 0 radical (unpaired) electrons. The molecule has 1 aromatic heterocycles. The summed E-state index contributed by atoms with van der Waals surface area (Å²) in [6.45, 7) is 0. The third-order valence-corrected chi connectivity index (χ3v) is 3.03. The van der Waals surface area contributed by atoms with Crippen LogP contribution in [0.3, 0.4) is 0 Å². The van der Waals surface area contributed by atoms with Crippen molar-refractivity contribution < 1.29 is 9.53 Å². The van der Waals surface area contributed by atoms with Gasteiger partial charge in [-0.25, -0.2) is 0 Å². The quantitative estimate of drug-likeness (QED) is 0.836. The average Bonchev–Trinajstić information content (AvgIpc) is 2.76. The lowest BCUT2D eigenvalue weighted by Gasteiger charge is -2.03. The number of benzene rings is 1. The van der Waals surface area contributed by atoms with E-state index in [-0.39, 0.29) is 5.91 Å². The second kappa shape index (κ2) is 4.57. The molecule has 2 aromatic rings. The van der Waals surface area contributed by atoms with Gasteiger partial charge in [-0.05, 0) is 42.0 Å². The van der Waals surface area contributed by atoms with Gasteiger partial charge in [-0.3, -0.25) is 9.78 Å². The molecule has 0 fully saturated rings. The fourth-order valence-electron chi connectivity index (χ4n) is 2.06. The Hall–Kier alpha value is -2.62. The zero-order valence-corrected chi connectivity index (χ0v) is 10.4. The van der Waals surface area contributed by atoms with E-state index in [1.807, 2.05) is 36.4 Å². The second-order valence-corrected chi connectivity index (χ2v) is 4.20. The van der Waals surface area contributed by atoms with Crippen LogP contribution >= 0.6 is 0 Å². The predicted octanol–water partition coefficient (Wildman–Crippen LogP) is 2.58. The van der Waals surface area contributed by atoms with E-state index < -0.39 is 0 Å². The fourth-order valence-corrected chi connectivity index (χ4v) is 2.06. The van der Waals surface area contributed by atoms with Crippen molar-refractivity contribution in [1.29, 1.82) is 0 Å². The fraction of sp³-hybridized carbons (Fsp3) is 0.0667. The van der Waals surface area contributed by atoms with Crippen LogP contribution in [0.2, 0.25) is 0 Å². The number of pyridine rings is 1. The molecule has 4 heteroatoms. The highest BCUT2D eigenvalue weighted by atomic mass is 16.5. The van der Waals surface area contributed by atoms with Crippen molar-refractivity contribution in [3.05, 3.63) is 53.9 Å². The molecule has 0 atom stereocenters. The van der Waals surface area contributed by atoms with Gasteiger partial charge in [0, 0.05) is 29.2 Å². The van der Waals surface area contributed by atoms with Crippen LogP contribution in [0.4, 0.5) is 5.69 Å². The summed E-state index contributed by atoms with van der Waals surface area (Å²) in [5, 5.41) is 2.84. The second-order valence-electron chi connectivity index (χ2n) is 4.20. The van der Waals surface area contributed by atoms with Crippen LogP contribution in [0.5, 0.6) is 5.75 Å². The Balaban J connectivity index is 2.09. The number of nitrogens with one attached hydrogen (secondary N) is 1. The summed E-state index contributed by atoms with van der Waals surface area (Å²) in [5.74, 6) is 0.635. The van der Waals surface area contributed by atoms with E-state index in [2.05, 4.69) is 10.3 Å². The Morgan fingerprint density at radius 1 is 1.21 bits per heavy atom. The first-order valence-corrected chi connectivity index (χ1v) is 5.89. The van der Waals surface area contributed by atoms with Crippen molar-refractivity contribution in [1.82, 2.24) is 4.98 Å². The molecule has 0 unspecified atom stereocenters. The number of amides is 1. The molecular weight excluding hydrogens is 240 g/mol. The highest BCUT2D eigenvalue weighted by Gasteiger charge is 2.24. The van der Waals surface area contributed by atoms with Gasteiger partial charge < -0.3 is 10.1 Å². The van der Waals surface area contributed by atoms with Crippen LogP contribution in [0.15, 0.2) is 42.7 Å². The minimum Gasteiger partial charge on any atom is -0.497 e. The van der Waals surface area contributed by atoms with Crippen molar-refractivity contribution in [2.75, 3.05) is 12.4 Å².